The van der Waals surface area contributed by atoms with Gasteiger partial charge in [0.1, 0.15) is 0 Å². The van der Waals surface area contributed by atoms with Crippen LogP contribution in [0.1, 0.15) is 38.4 Å². The monoisotopic (exact) mass is 519 g/mol. The number of hydrogen-bond donors (Lipinski definition) is 0. The van der Waals surface area contributed by atoms with Gasteiger partial charge in [-0.05, 0) is 43.5 Å². The van der Waals surface area contributed by atoms with Crippen LogP contribution < -0.4 is 0 Å². The summed E-state index contributed by atoms with van der Waals surface area (Å²) in [5.74, 6) is 0. The van der Waals surface area contributed by atoms with Crippen molar-refractivity contribution in [3.63, 3.8) is 0 Å². The smallest absolute Gasteiger partial charge is 0.365 e. The number of nitrogens with zero attached hydrogens (tertiary/aromatic N) is 5. The molecule has 1 atom stereocenters. The van der Waals surface area contributed by atoms with Crippen LogP contribution in [0.3, 0.4) is 0 Å². The van der Waals surface area contributed by atoms with Gasteiger partial charge in [0, 0.05) is 20.1 Å². The summed E-state index contributed by atoms with van der Waals surface area (Å²) >= 11 is 6.20. The number of rotatable bonds is 5. The first-order chi connectivity index (χ1) is 16.2. The number of halogens is 7. The third-order valence-corrected chi connectivity index (χ3v) is 6.17. The Kier molecular flexibility index (Phi) is 7.40. The van der Waals surface area contributed by atoms with E-state index in [0.717, 1.165) is 16.8 Å². The van der Waals surface area contributed by atoms with Crippen LogP contribution in [-0.2, 0) is 19.6 Å². The zero-order valence-electron chi connectivity index (χ0n) is 19.7. The lowest BCUT2D eigenvalue weighted by molar-refractivity contribution is -0.141. The van der Waals surface area contributed by atoms with Gasteiger partial charge in [-0.3, -0.25) is 9.67 Å². The summed E-state index contributed by atoms with van der Waals surface area (Å²) in [6.07, 6.45) is -5.84. The molecule has 0 radical (unpaired) electrons. The summed E-state index contributed by atoms with van der Waals surface area (Å²) in [7, 11) is 3.04. The van der Waals surface area contributed by atoms with Gasteiger partial charge in [-0.1, -0.05) is 25.4 Å². The lowest BCUT2D eigenvalue weighted by Gasteiger charge is -2.35. The Morgan fingerprint density at radius 2 is 1.74 bits per heavy atom. The number of likely N-dealkylation sites (N-methyl/N-ethyl adjacent to an activating group) is 1. The fourth-order valence-corrected chi connectivity index (χ4v) is 4.38. The number of allylic oxidation sites excluding steroid dienone is 3. The second kappa shape index (κ2) is 9.67. The summed E-state index contributed by atoms with van der Waals surface area (Å²) in [6.45, 7) is 5.16. The number of aromatic nitrogens is 3. The molecule has 0 aliphatic carbocycles. The van der Waals surface area contributed by atoms with E-state index in [2.05, 4.69) is 15.1 Å². The number of pyridine rings is 1. The van der Waals surface area contributed by atoms with E-state index in [1.807, 2.05) is 6.92 Å². The molecule has 0 fully saturated rings. The van der Waals surface area contributed by atoms with Gasteiger partial charge < -0.3 is 4.90 Å². The van der Waals surface area contributed by atoms with E-state index in [9.17, 15) is 26.3 Å². The summed E-state index contributed by atoms with van der Waals surface area (Å²) in [6, 6.07) is 1.99. The predicted molar refractivity (Wildman–Crippen MR) is 122 cm³/mol. The maximum absolute atomic E-state index is 13.6. The highest BCUT2D eigenvalue weighted by Crippen LogP contribution is 2.40. The molecule has 2 aromatic rings. The predicted octanol–water partition coefficient (Wildman–Crippen LogP) is 6.82. The van der Waals surface area contributed by atoms with E-state index in [1.54, 1.807) is 31.9 Å². The average molecular weight is 520 g/mol. The standard InChI is InChI=1S/C23H24ClF6N5/c1-6-13-8-16(18-10-19(23(28,29)30)33-35(18)5)31-11-17(13)32-12(3)21-20(24)15(22(25,26)27)9-14(7-2)34(21)4/h8-11,14H,6-7H2,1-5H3. The van der Waals surface area contributed by atoms with E-state index < -0.39 is 34.7 Å². The van der Waals surface area contributed by atoms with E-state index in [4.69, 9.17) is 11.6 Å². The Labute approximate surface area is 203 Å². The van der Waals surface area contributed by atoms with Crippen molar-refractivity contribution in [1.82, 2.24) is 19.7 Å². The molecule has 35 heavy (non-hydrogen) atoms. The van der Waals surface area contributed by atoms with Crippen LogP contribution in [0.15, 0.2) is 45.7 Å². The van der Waals surface area contributed by atoms with Crippen molar-refractivity contribution < 1.29 is 26.3 Å². The molecule has 3 heterocycles. The normalized spacial score (nSPS) is 17.8. The maximum Gasteiger partial charge on any atom is 0.435 e. The fraction of sp³-hybridized carbons (Fsp3) is 0.435. The van der Waals surface area contributed by atoms with Gasteiger partial charge in [0.05, 0.1) is 45.3 Å². The van der Waals surface area contributed by atoms with Gasteiger partial charge >= 0.3 is 12.4 Å². The molecule has 1 aliphatic rings. The van der Waals surface area contributed by atoms with Crippen LogP contribution in [-0.4, -0.2) is 44.6 Å². The highest BCUT2D eigenvalue weighted by Gasteiger charge is 2.41. The molecular formula is C23H24ClF6N5. The van der Waals surface area contributed by atoms with Crippen molar-refractivity contribution in [3.8, 4) is 11.4 Å². The molecule has 3 rings (SSSR count). The summed E-state index contributed by atoms with van der Waals surface area (Å²) in [4.78, 5) is 10.4. The molecular weight excluding hydrogens is 496 g/mol. The van der Waals surface area contributed by atoms with Gasteiger partial charge in [-0.25, -0.2) is 4.99 Å². The van der Waals surface area contributed by atoms with E-state index >= 15 is 0 Å². The Hall–Kier alpha value is -2.82. The van der Waals surface area contributed by atoms with Crippen molar-refractivity contribution in [2.45, 2.75) is 52.0 Å². The first-order valence-corrected chi connectivity index (χ1v) is 11.1. The second-order valence-electron chi connectivity index (χ2n) is 8.11. The lowest BCUT2D eigenvalue weighted by atomic mass is 9.99. The van der Waals surface area contributed by atoms with Gasteiger partial charge in [0.2, 0.25) is 0 Å². The second-order valence-corrected chi connectivity index (χ2v) is 8.49. The Morgan fingerprint density at radius 1 is 1.09 bits per heavy atom. The van der Waals surface area contributed by atoms with Gasteiger partial charge in [0.15, 0.2) is 5.69 Å². The zero-order valence-corrected chi connectivity index (χ0v) is 20.4. The van der Waals surface area contributed by atoms with Crippen molar-refractivity contribution in [3.05, 3.63) is 52.0 Å². The molecule has 0 saturated heterocycles. The number of alkyl halides is 6. The molecule has 0 aromatic carbocycles. The number of hydrogen-bond acceptors (Lipinski definition) is 4. The Morgan fingerprint density at radius 3 is 2.26 bits per heavy atom. The van der Waals surface area contributed by atoms with Crippen molar-refractivity contribution >= 4 is 23.0 Å². The van der Waals surface area contributed by atoms with Crippen molar-refractivity contribution in [2.24, 2.45) is 12.0 Å². The van der Waals surface area contributed by atoms with Crippen molar-refractivity contribution in [1.29, 1.82) is 0 Å². The summed E-state index contributed by atoms with van der Waals surface area (Å²) in [5, 5.41) is 3.06. The molecule has 5 nitrogen and oxygen atoms in total. The Bertz CT molecular complexity index is 1210. The molecule has 190 valence electrons. The highest BCUT2D eigenvalue weighted by molar-refractivity contribution is 6.34. The molecule has 2 aromatic heterocycles. The lowest BCUT2D eigenvalue weighted by Crippen LogP contribution is -2.37. The van der Waals surface area contributed by atoms with Crippen LogP contribution in [0.25, 0.3) is 11.4 Å². The summed E-state index contributed by atoms with van der Waals surface area (Å²) in [5.41, 5.74) is -0.0578. The molecule has 0 spiro atoms. The van der Waals surface area contributed by atoms with Gasteiger partial charge in [-0.2, -0.15) is 31.4 Å². The SMILES string of the molecule is CCc1cc(-c2cc(C(F)(F)F)nn2C)ncc1N=C(C)C1=C(Cl)C(C(F)(F)F)=CC(CC)N1C. The van der Waals surface area contributed by atoms with E-state index in [0.29, 0.717) is 24.1 Å². The first kappa shape index (κ1) is 26.8. The van der Waals surface area contributed by atoms with Crippen LogP contribution in [0.2, 0.25) is 0 Å². The van der Waals surface area contributed by atoms with Crippen LogP contribution in [0.5, 0.6) is 0 Å². The van der Waals surface area contributed by atoms with Gasteiger partial charge in [-0.15, -0.1) is 0 Å². The summed E-state index contributed by atoms with van der Waals surface area (Å²) < 4.78 is 81.0. The Balaban J connectivity index is 2.06. The highest BCUT2D eigenvalue weighted by atomic mass is 35.5. The minimum atomic E-state index is -4.62. The minimum absolute atomic E-state index is 0.154. The largest absolute Gasteiger partial charge is 0.435 e. The molecule has 0 bridgehead atoms. The molecule has 1 unspecified atom stereocenters. The third kappa shape index (κ3) is 5.39. The quantitative estimate of drug-likeness (QED) is 0.322. The van der Waals surface area contributed by atoms with E-state index in [-0.39, 0.29) is 22.8 Å². The molecule has 0 N–H and O–H groups in total. The number of aryl methyl sites for hydroxylation is 2. The van der Waals surface area contributed by atoms with Crippen LogP contribution >= 0.6 is 11.6 Å². The molecule has 12 heteroatoms. The average Bonchev–Trinajstić information content (AvgIpc) is 3.15. The number of aliphatic imine (C=N–C) groups is 1. The van der Waals surface area contributed by atoms with Gasteiger partial charge in [0.25, 0.3) is 0 Å². The van der Waals surface area contributed by atoms with Crippen LogP contribution in [0.4, 0.5) is 32.0 Å². The molecule has 0 saturated carbocycles. The fourth-order valence-electron chi connectivity index (χ4n) is 3.94. The minimum Gasteiger partial charge on any atom is -0.365 e. The first-order valence-electron chi connectivity index (χ1n) is 10.8. The molecule has 1 aliphatic heterocycles. The third-order valence-electron chi connectivity index (χ3n) is 5.79. The zero-order chi connectivity index (χ0) is 26.3. The maximum atomic E-state index is 13.6. The van der Waals surface area contributed by atoms with E-state index in [1.165, 1.54) is 13.2 Å². The topological polar surface area (TPSA) is 46.3 Å². The molecule has 0 amide bonds. The van der Waals surface area contributed by atoms with Crippen LogP contribution in [0, 0.1) is 0 Å². The van der Waals surface area contributed by atoms with Crippen molar-refractivity contribution in [2.75, 3.05) is 7.05 Å².